The average molecular weight is 387 g/mol. The Morgan fingerprint density at radius 3 is 2.50 bits per heavy atom. The third-order valence-electron chi connectivity index (χ3n) is 4.37. The first kappa shape index (κ1) is 19.5. The van der Waals surface area contributed by atoms with Gasteiger partial charge in [-0.3, -0.25) is 4.79 Å². The molecule has 146 valence electrons. The number of amides is 1. The molecule has 0 aliphatic heterocycles. The minimum atomic E-state index is -0.941. The summed E-state index contributed by atoms with van der Waals surface area (Å²) in [5, 5.41) is 3.74. The number of aryl methyl sites for hydroxylation is 1. The first-order valence-electron chi connectivity index (χ1n) is 8.59. The topological polar surface area (TPSA) is 68.5 Å². The van der Waals surface area contributed by atoms with Crippen molar-refractivity contribution in [2.45, 2.75) is 26.5 Å². The molecule has 0 bridgehead atoms. The van der Waals surface area contributed by atoms with Gasteiger partial charge in [0.25, 0.3) is 5.91 Å². The molecule has 0 N–H and O–H groups in total. The van der Waals surface area contributed by atoms with Gasteiger partial charge in [-0.1, -0.05) is 11.2 Å². The standard InChI is InChI=1S/C20H19F2N3O3/c1-12(15-6-9-17(21)18(22)10-15)25(3)20(26)14-4-7-16(8-5-14)27-11-19-23-13(2)28-24-19/h4-10,12H,11H2,1-3H3/t12-/m0/s1. The van der Waals surface area contributed by atoms with Crippen molar-refractivity contribution in [1.82, 2.24) is 15.0 Å². The fraction of sp³-hybridized carbons (Fsp3) is 0.250. The van der Waals surface area contributed by atoms with Crippen LogP contribution in [0.15, 0.2) is 47.0 Å². The summed E-state index contributed by atoms with van der Waals surface area (Å²) in [6.07, 6.45) is 0. The molecule has 0 aliphatic carbocycles. The van der Waals surface area contributed by atoms with Crippen molar-refractivity contribution in [3.05, 3.63) is 76.9 Å². The molecular formula is C20H19F2N3O3. The van der Waals surface area contributed by atoms with E-state index in [1.54, 1.807) is 45.2 Å². The van der Waals surface area contributed by atoms with Crippen LogP contribution in [-0.2, 0) is 6.61 Å². The van der Waals surface area contributed by atoms with Crippen LogP contribution in [0.3, 0.4) is 0 Å². The van der Waals surface area contributed by atoms with E-state index in [4.69, 9.17) is 9.26 Å². The van der Waals surface area contributed by atoms with Crippen LogP contribution in [0.5, 0.6) is 5.75 Å². The highest BCUT2D eigenvalue weighted by Gasteiger charge is 2.20. The van der Waals surface area contributed by atoms with Gasteiger partial charge < -0.3 is 14.2 Å². The summed E-state index contributed by atoms with van der Waals surface area (Å²) >= 11 is 0. The number of carbonyl (C=O) groups is 1. The second-order valence-corrected chi connectivity index (χ2v) is 6.31. The van der Waals surface area contributed by atoms with Gasteiger partial charge in [0, 0.05) is 19.5 Å². The summed E-state index contributed by atoms with van der Waals surface area (Å²) in [6, 6.07) is 9.77. The highest BCUT2D eigenvalue weighted by molar-refractivity contribution is 5.94. The molecule has 0 saturated carbocycles. The van der Waals surface area contributed by atoms with Crippen LogP contribution in [0.4, 0.5) is 8.78 Å². The molecular weight excluding hydrogens is 368 g/mol. The smallest absolute Gasteiger partial charge is 0.254 e. The van der Waals surface area contributed by atoms with Gasteiger partial charge in [0.2, 0.25) is 11.7 Å². The van der Waals surface area contributed by atoms with Crippen LogP contribution in [0, 0.1) is 18.6 Å². The van der Waals surface area contributed by atoms with Gasteiger partial charge in [0.05, 0.1) is 6.04 Å². The molecule has 0 fully saturated rings. The van der Waals surface area contributed by atoms with Gasteiger partial charge in [-0.2, -0.15) is 4.98 Å². The highest BCUT2D eigenvalue weighted by Crippen LogP contribution is 2.23. The number of hydrogen-bond acceptors (Lipinski definition) is 5. The molecule has 8 heteroatoms. The van der Waals surface area contributed by atoms with E-state index in [1.807, 2.05) is 0 Å². The molecule has 0 aliphatic rings. The summed E-state index contributed by atoms with van der Waals surface area (Å²) in [6.45, 7) is 3.58. The largest absolute Gasteiger partial charge is 0.485 e. The summed E-state index contributed by atoms with van der Waals surface area (Å²) in [5.74, 6) is -0.677. The molecule has 1 heterocycles. The van der Waals surface area contributed by atoms with E-state index < -0.39 is 17.7 Å². The lowest BCUT2D eigenvalue weighted by molar-refractivity contribution is 0.0742. The fourth-order valence-corrected chi connectivity index (χ4v) is 2.62. The van der Waals surface area contributed by atoms with E-state index in [-0.39, 0.29) is 12.5 Å². The van der Waals surface area contributed by atoms with Crippen LogP contribution in [0.2, 0.25) is 0 Å². The van der Waals surface area contributed by atoms with E-state index in [9.17, 15) is 13.6 Å². The van der Waals surface area contributed by atoms with Crippen molar-refractivity contribution in [2.75, 3.05) is 7.05 Å². The SMILES string of the molecule is Cc1nc(COc2ccc(C(=O)N(C)[C@@H](C)c3ccc(F)c(F)c3)cc2)no1. The van der Waals surface area contributed by atoms with Crippen molar-refractivity contribution in [2.24, 2.45) is 0 Å². The molecule has 2 aromatic carbocycles. The van der Waals surface area contributed by atoms with E-state index in [2.05, 4.69) is 10.1 Å². The minimum absolute atomic E-state index is 0.150. The third kappa shape index (κ3) is 4.33. The van der Waals surface area contributed by atoms with Crippen LogP contribution in [0.1, 0.15) is 40.6 Å². The monoisotopic (exact) mass is 387 g/mol. The Morgan fingerprint density at radius 1 is 1.18 bits per heavy atom. The molecule has 3 rings (SSSR count). The molecule has 1 atom stereocenters. The predicted molar refractivity (Wildman–Crippen MR) is 96.7 cm³/mol. The second kappa shape index (κ2) is 8.16. The van der Waals surface area contributed by atoms with Crippen molar-refractivity contribution >= 4 is 5.91 Å². The van der Waals surface area contributed by atoms with E-state index in [1.165, 1.54) is 11.0 Å². The number of benzene rings is 2. The van der Waals surface area contributed by atoms with Gasteiger partial charge in [-0.05, 0) is 48.9 Å². The molecule has 1 amide bonds. The Labute approximate surface area is 160 Å². The van der Waals surface area contributed by atoms with Crippen molar-refractivity contribution < 1.29 is 22.8 Å². The Morgan fingerprint density at radius 2 is 1.89 bits per heavy atom. The lowest BCUT2D eigenvalue weighted by Gasteiger charge is -2.25. The lowest BCUT2D eigenvalue weighted by Crippen LogP contribution is -2.29. The number of hydrogen-bond donors (Lipinski definition) is 0. The molecule has 1 aromatic heterocycles. The highest BCUT2D eigenvalue weighted by atomic mass is 19.2. The Kier molecular flexibility index (Phi) is 5.67. The number of aromatic nitrogens is 2. The van der Waals surface area contributed by atoms with Gasteiger partial charge >= 0.3 is 0 Å². The van der Waals surface area contributed by atoms with Crippen LogP contribution < -0.4 is 4.74 Å². The molecule has 6 nitrogen and oxygen atoms in total. The van der Waals surface area contributed by atoms with Gasteiger partial charge in [0.15, 0.2) is 18.2 Å². The lowest BCUT2D eigenvalue weighted by atomic mass is 10.1. The zero-order valence-corrected chi connectivity index (χ0v) is 15.6. The number of carbonyl (C=O) groups excluding carboxylic acids is 1. The maximum absolute atomic E-state index is 13.5. The first-order valence-corrected chi connectivity index (χ1v) is 8.59. The average Bonchev–Trinajstić information content (AvgIpc) is 3.12. The van der Waals surface area contributed by atoms with Gasteiger partial charge in [-0.15, -0.1) is 0 Å². The third-order valence-corrected chi connectivity index (χ3v) is 4.37. The summed E-state index contributed by atoms with van der Waals surface area (Å²) in [4.78, 5) is 18.2. The number of rotatable bonds is 6. The maximum atomic E-state index is 13.5. The summed E-state index contributed by atoms with van der Waals surface area (Å²) in [5.41, 5.74) is 0.949. The zero-order valence-electron chi connectivity index (χ0n) is 15.6. The molecule has 0 spiro atoms. The zero-order chi connectivity index (χ0) is 20.3. The second-order valence-electron chi connectivity index (χ2n) is 6.31. The molecule has 3 aromatic rings. The van der Waals surface area contributed by atoms with Gasteiger partial charge in [-0.25, -0.2) is 8.78 Å². The van der Waals surface area contributed by atoms with Crippen molar-refractivity contribution in [3.63, 3.8) is 0 Å². The maximum Gasteiger partial charge on any atom is 0.254 e. The van der Waals surface area contributed by atoms with Crippen LogP contribution in [0.25, 0.3) is 0 Å². The van der Waals surface area contributed by atoms with Crippen LogP contribution >= 0.6 is 0 Å². The predicted octanol–water partition coefficient (Wildman–Crippen LogP) is 4.07. The number of ether oxygens (including phenoxy) is 1. The minimum Gasteiger partial charge on any atom is -0.485 e. The quantitative estimate of drug-likeness (QED) is 0.638. The Balaban J connectivity index is 1.65. The summed E-state index contributed by atoms with van der Waals surface area (Å²) < 4.78 is 37.0. The molecule has 0 radical (unpaired) electrons. The normalized spacial score (nSPS) is 11.9. The summed E-state index contributed by atoms with van der Waals surface area (Å²) in [7, 11) is 1.61. The van der Waals surface area contributed by atoms with Crippen LogP contribution in [-0.4, -0.2) is 28.0 Å². The molecule has 28 heavy (non-hydrogen) atoms. The molecule has 0 unspecified atom stereocenters. The van der Waals surface area contributed by atoms with Gasteiger partial charge in [0.1, 0.15) is 5.75 Å². The number of halogens is 2. The number of nitrogens with zero attached hydrogens (tertiary/aromatic N) is 3. The molecule has 0 saturated heterocycles. The Bertz CT molecular complexity index is 973. The Hall–Kier alpha value is -3.29. The van der Waals surface area contributed by atoms with E-state index in [0.29, 0.717) is 28.6 Å². The van der Waals surface area contributed by atoms with E-state index in [0.717, 1.165) is 12.1 Å². The van der Waals surface area contributed by atoms with Crippen molar-refractivity contribution in [3.8, 4) is 5.75 Å². The van der Waals surface area contributed by atoms with Crippen molar-refractivity contribution in [1.29, 1.82) is 0 Å². The fourth-order valence-electron chi connectivity index (χ4n) is 2.62. The van der Waals surface area contributed by atoms with E-state index >= 15 is 0 Å². The first-order chi connectivity index (χ1) is 13.3.